The number of carbonyl (C=O) groups excluding carboxylic acids is 1. The first-order valence-corrected chi connectivity index (χ1v) is 6.82. The molecule has 2 rings (SSSR count). The average molecular weight is 281 g/mol. The van der Waals surface area contributed by atoms with Gasteiger partial charge in [-0.15, -0.1) is 0 Å². The third-order valence-electron chi connectivity index (χ3n) is 3.29. The maximum Gasteiger partial charge on any atom is 0.254 e. The number of thiocarbonyl (C=S) groups is 1. The van der Waals surface area contributed by atoms with Crippen LogP contribution in [-0.2, 0) is 0 Å². The quantitative estimate of drug-likeness (QED) is 0.808. The SMILES string of the molecule is Cc1cc(C(=O)NC2CCN(CC(N)=S)CC2)co1. The molecular formula is C13H19N3O2S. The zero-order valence-electron chi connectivity index (χ0n) is 11.0. The van der Waals surface area contributed by atoms with Crippen molar-refractivity contribution in [1.29, 1.82) is 0 Å². The van der Waals surface area contributed by atoms with Crippen molar-refractivity contribution in [2.24, 2.45) is 5.73 Å². The molecule has 0 radical (unpaired) electrons. The highest BCUT2D eigenvalue weighted by Gasteiger charge is 2.21. The van der Waals surface area contributed by atoms with Gasteiger partial charge in [-0.05, 0) is 25.8 Å². The number of aryl methyl sites for hydroxylation is 1. The smallest absolute Gasteiger partial charge is 0.254 e. The molecule has 1 amide bonds. The molecule has 1 aliphatic rings. The fourth-order valence-electron chi connectivity index (χ4n) is 2.29. The number of nitrogens with zero attached hydrogens (tertiary/aromatic N) is 1. The standard InChI is InChI=1S/C13H19N3O2S/c1-9-6-10(8-18-9)13(17)15-11-2-4-16(5-3-11)7-12(14)19/h6,8,11H,2-5,7H2,1H3,(H2,14,19)(H,15,17). The van der Waals surface area contributed by atoms with Gasteiger partial charge in [0, 0.05) is 25.7 Å². The van der Waals surface area contributed by atoms with E-state index in [4.69, 9.17) is 22.4 Å². The molecule has 0 spiro atoms. The Hall–Kier alpha value is -1.40. The second-order valence-electron chi connectivity index (χ2n) is 4.94. The van der Waals surface area contributed by atoms with Gasteiger partial charge < -0.3 is 15.5 Å². The molecule has 6 heteroatoms. The molecule has 0 aliphatic carbocycles. The Labute approximate surface area is 118 Å². The van der Waals surface area contributed by atoms with Crippen LogP contribution in [0.25, 0.3) is 0 Å². The van der Waals surface area contributed by atoms with Crippen molar-refractivity contribution in [2.45, 2.75) is 25.8 Å². The molecule has 0 saturated carbocycles. The van der Waals surface area contributed by atoms with Gasteiger partial charge in [-0.25, -0.2) is 0 Å². The fraction of sp³-hybridized carbons (Fsp3) is 0.538. The van der Waals surface area contributed by atoms with Gasteiger partial charge in [0.05, 0.1) is 10.6 Å². The lowest BCUT2D eigenvalue weighted by molar-refractivity contribution is 0.0914. The van der Waals surface area contributed by atoms with E-state index in [1.165, 1.54) is 6.26 Å². The number of amides is 1. The van der Waals surface area contributed by atoms with Crippen LogP contribution in [-0.4, -0.2) is 41.5 Å². The Morgan fingerprint density at radius 2 is 2.26 bits per heavy atom. The lowest BCUT2D eigenvalue weighted by atomic mass is 10.0. The van der Waals surface area contributed by atoms with Crippen LogP contribution in [0.2, 0.25) is 0 Å². The monoisotopic (exact) mass is 281 g/mol. The Morgan fingerprint density at radius 3 is 2.79 bits per heavy atom. The van der Waals surface area contributed by atoms with E-state index in [-0.39, 0.29) is 11.9 Å². The minimum Gasteiger partial charge on any atom is -0.469 e. The maximum absolute atomic E-state index is 12.0. The highest BCUT2D eigenvalue weighted by molar-refractivity contribution is 7.80. The molecule has 19 heavy (non-hydrogen) atoms. The summed E-state index contributed by atoms with van der Waals surface area (Å²) in [6.45, 7) is 4.31. The van der Waals surface area contributed by atoms with Crippen molar-refractivity contribution >= 4 is 23.1 Å². The van der Waals surface area contributed by atoms with E-state index in [1.54, 1.807) is 6.07 Å². The normalized spacial score (nSPS) is 17.3. The molecule has 1 aliphatic heterocycles. The van der Waals surface area contributed by atoms with Gasteiger partial charge in [0.1, 0.15) is 12.0 Å². The predicted molar refractivity (Wildman–Crippen MR) is 77.2 cm³/mol. The van der Waals surface area contributed by atoms with Gasteiger partial charge in [0.2, 0.25) is 0 Å². The Bertz CT molecular complexity index is 464. The molecule has 2 heterocycles. The molecular weight excluding hydrogens is 262 g/mol. The van der Waals surface area contributed by atoms with Crippen LogP contribution >= 0.6 is 12.2 Å². The van der Waals surface area contributed by atoms with Crippen molar-refractivity contribution in [3.05, 3.63) is 23.7 Å². The van der Waals surface area contributed by atoms with Gasteiger partial charge in [-0.2, -0.15) is 0 Å². The van der Waals surface area contributed by atoms with Crippen LogP contribution in [0.5, 0.6) is 0 Å². The average Bonchev–Trinajstić information content (AvgIpc) is 2.78. The van der Waals surface area contributed by atoms with Gasteiger partial charge in [-0.1, -0.05) is 12.2 Å². The van der Waals surface area contributed by atoms with Crippen molar-refractivity contribution in [2.75, 3.05) is 19.6 Å². The predicted octanol–water partition coefficient (Wildman–Crippen LogP) is 1.07. The molecule has 1 aromatic heterocycles. The molecule has 1 aromatic rings. The Balaban J connectivity index is 1.79. The minimum absolute atomic E-state index is 0.0651. The zero-order chi connectivity index (χ0) is 13.8. The van der Waals surface area contributed by atoms with E-state index in [0.717, 1.165) is 31.7 Å². The highest BCUT2D eigenvalue weighted by Crippen LogP contribution is 2.12. The van der Waals surface area contributed by atoms with E-state index in [9.17, 15) is 4.79 Å². The highest BCUT2D eigenvalue weighted by atomic mass is 32.1. The molecule has 3 N–H and O–H groups in total. The van der Waals surface area contributed by atoms with Crippen LogP contribution in [0.15, 0.2) is 16.7 Å². The number of nitrogens with one attached hydrogen (secondary N) is 1. The first-order chi connectivity index (χ1) is 9.04. The summed E-state index contributed by atoms with van der Waals surface area (Å²) in [6, 6.07) is 1.96. The summed E-state index contributed by atoms with van der Waals surface area (Å²) in [4.78, 5) is 14.7. The van der Waals surface area contributed by atoms with E-state index in [1.807, 2.05) is 6.92 Å². The summed E-state index contributed by atoms with van der Waals surface area (Å²) in [5, 5.41) is 3.03. The van der Waals surface area contributed by atoms with Crippen LogP contribution in [0.3, 0.4) is 0 Å². The van der Waals surface area contributed by atoms with Crippen molar-refractivity contribution in [3.63, 3.8) is 0 Å². The molecule has 0 bridgehead atoms. The van der Waals surface area contributed by atoms with Crippen LogP contribution in [0.4, 0.5) is 0 Å². The number of hydrogen-bond acceptors (Lipinski definition) is 4. The first kappa shape index (κ1) is 14.0. The fourth-order valence-corrected chi connectivity index (χ4v) is 2.47. The largest absolute Gasteiger partial charge is 0.469 e. The number of piperidine rings is 1. The van der Waals surface area contributed by atoms with Gasteiger partial charge in [-0.3, -0.25) is 9.69 Å². The van der Waals surface area contributed by atoms with E-state index >= 15 is 0 Å². The van der Waals surface area contributed by atoms with Crippen LogP contribution in [0.1, 0.15) is 29.0 Å². The van der Waals surface area contributed by atoms with Crippen molar-refractivity contribution in [1.82, 2.24) is 10.2 Å². The summed E-state index contributed by atoms with van der Waals surface area (Å²) >= 11 is 4.90. The Morgan fingerprint density at radius 1 is 1.58 bits per heavy atom. The van der Waals surface area contributed by atoms with Crippen molar-refractivity contribution in [3.8, 4) is 0 Å². The van der Waals surface area contributed by atoms with Crippen molar-refractivity contribution < 1.29 is 9.21 Å². The molecule has 0 atom stereocenters. The number of nitrogens with two attached hydrogens (primary N) is 1. The second-order valence-corrected chi connectivity index (χ2v) is 5.46. The molecule has 0 unspecified atom stereocenters. The lowest BCUT2D eigenvalue weighted by Gasteiger charge is -2.31. The van der Waals surface area contributed by atoms with Crippen LogP contribution < -0.4 is 11.1 Å². The van der Waals surface area contributed by atoms with Gasteiger partial charge in [0.25, 0.3) is 5.91 Å². The number of rotatable bonds is 4. The Kier molecular flexibility index (Phi) is 4.55. The number of hydrogen-bond donors (Lipinski definition) is 2. The summed E-state index contributed by atoms with van der Waals surface area (Å²) in [5.74, 6) is 0.682. The molecule has 1 fully saturated rings. The number of likely N-dealkylation sites (tertiary alicyclic amines) is 1. The summed E-state index contributed by atoms with van der Waals surface area (Å²) in [7, 11) is 0. The summed E-state index contributed by atoms with van der Waals surface area (Å²) < 4.78 is 5.14. The van der Waals surface area contributed by atoms with Gasteiger partial charge in [0.15, 0.2) is 0 Å². The van der Waals surface area contributed by atoms with E-state index in [2.05, 4.69) is 10.2 Å². The summed E-state index contributed by atoms with van der Waals surface area (Å²) in [6.07, 6.45) is 3.34. The van der Waals surface area contributed by atoms with Crippen LogP contribution in [0, 0.1) is 6.92 Å². The summed E-state index contributed by atoms with van der Waals surface area (Å²) in [5.41, 5.74) is 6.11. The topological polar surface area (TPSA) is 71.5 Å². The maximum atomic E-state index is 12.0. The molecule has 5 nitrogen and oxygen atoms in total. The second kappa shape index (κ2) is 6.16. The molecule has 1 saturated heterocycles. The number of carbonyl (C=O) groups is 1. The molecule has 104 valence electrons. The molecule has 0 aromatic carbocycles. The lowest BCUT2D eigenvalue weighted by Crippen LogP contribution is -2.46. The number of furan rings is 1. The first-order valence-electron chi connectivity index (χ1n) is 6.41. The van der Waals surface area contributed by atoms with E-state index in [0.29, 0.717) is 17.1 Å². The zero-order valence-corrected chi connectivity index (χ0v) is 11.8. The third kappa shape index (κ3) is 4.04. The van der Waals surface area contributed by atoms with Gasteiger partial charge >= 0.3 is 0 Å². The third-order valence-corrected chi connectivity index (χ3v) is 3.42. The van der Waals surface area contributed by atoms with E-state index < -0.39 is 0 Å². The minimum atomic E-state index is -0.0651.